The van der Waals surface area contributed by atoms with Gasteiger partial charge in [0, 0.05) is 5.57 Å². The highest BCUT2D eigenvalue weighted by Gasteiger charge is 1.90. The van der Waals surface area contributed by atoms with E-state index < -0.39 is 5.97 Å². The van der Waals surface area contributed by atoms with E-state index in [2.05, 4.69) is 17.8 Å². The lowest BCUT2D eigenvalue weighted by Gasteiger charge is -1.79. The molecule has 0 saturated heterocycles. The third-order valence-electron chi connectivity index (χ3n) is 0.365. The van der Waals surface area contributed by atoms with Gasteiger partial charge in [-0.3, -0.25) is 11.3 Å². The molecule has 9 heavy (non-hydrogen) atoms. The first-order chi connectivity index (χ1) is 4.06. The van der Waals surface area contributed by atoms with Crippen molar-refractivity contribution in [1.82, 2.24) is 5.43 Å². The number of aliphatic carboxylic acids is 1. The zero-order chi connectivity index (χ0) is 7.86. The Hall–Kier alpha value is -0.870. The number of hydrazine groups is 1. The Kier molecular flexibility index (Phi) is 8.71. The number of hydrogen-bond acceptors (Lipinski definition) is 3. The molecule has 4 nitrogen and oxygen atoms in total. The zero-order valence-electron chi connectivity index (χ0n) is 5.64. The summed E-state index contributed by atoms with van der Waals surface area (Å²) in [5.74, 6) is 3.66. The van der Waals surface area contributed by atoms with Crippen LogP contribution in [0.25, 0.3) is 0 Å². The lowest BCUT2D eigenvalue weighted by atomic mass is 10.4. The second-order valence-corrected chi connectivity index (χ2v) is 1.37. The van der Waals surface area contributed by atoms with E-state index in [0.717, 1.165) is 0 Å². The minimum Gasteiger partial charge on any atom is -0.478 e. The van der Waals surface area contributed by atoms with Gasteiger partial charge in [0.25, 0.3) is 0 Å². The lowest BCUT2D eigenvalue weighted by molar-refractivity contribution is -0.132. The topological polar surface area (TPSA) is 75.3 Å². The van der Waals surface area contributed by atoms with Crippen molar-refractivity contribution in [2.24, 2.45) is 5.84 Å². The van der Waals surface area contributed by atoms with Crippen LogP contribution in [0, 0.1) is 0 Å². The Morgan fingerprint density at radius 3 is 1.89 bits per heavy atom. The van der Waals surface area contributed by atoms with Crippen LogP contribution in [-0.4, -0.2) is 18.1 Å². The molecule has 0 saturated carbocycles. The van der Waals surface area contributed by atoms with Crippen molar-refractivity contribution in [3.63, 3.8) is 0 Å². The summed E-state index contributed by atoms with van der Waals surface area (Å²) in [6, 6.07) is 0. The highest BCUT2D eigenvalue weighted by Crippen LogP contribution is 1.81. The van der Waals surface area contributed by atoms with Gasteiger partial charge in [-0.05, 0) is 14.0 Å². The number of carbonyl (C=O) groups is 1. The highest BCUT2D eigenvalue weighted by molar-refractivity contribution is 5.84. The van der Waals surface area contributed by atoms with E-state index in [-0.39, 0.29) is 5.57 Å². The lowest BCUT2D eigenvalue weighted by Crippen LogP contribution is -2.13. The summed E-state index contributed by atoms with van der Waals surface area (Å²) in [7, 11) is 1.65. The number of rotatable bonds is 1. The molecule has 54 valence electrons. The molecule has 0 radical (unpaired) electrons. The van der Waals surface area contributed by atoms with Crippen molar-refractivity contribution < 1.29 is 9.90 Å². The van der Waals surface area contributed by atoms with Crippen LogP contribution in [0.5, 0.6) is 0 Å². The Balaban J connectivity index is 0. The second kappa shape index (κ2) is 7.13. The van der Waals surface area contributed by atoms with Crippen LogP contribution in [0.15, 0.2) is 12.2 Å². The van der Waals surface area contributed by atoms with Gasteiger partial charge in [-0.15, -0.1) is 0 Å². The van der Waals surface area contributed by atoms with Gasteiger partial charge in [0.15, 0.2) is 0 Å². The maximum atomic E-state index is 9.60. The van der Waals surface area contributed by atoms with E-state index in [0.29, 0.717) is 0 Å². The molecule has 0 bridgehead atoms. The van der Waals surface area contributed by atoms with Crippen LogP contribution in [0.2, 0.25) is 0 Å². The van der Waals surface area contributed by atoms with Gasteiger partial charge in [-0.1, -0.05) is 6.58 Å². The zero-order valence-corrected chi connectivity index (χ0v) is 5.64. The van der Waals surface area contributed by atoms with Gasteiger partial charge in [0.05, 0.1) is 0 Å². The molecule has 0 aliphatic carbocycles. The summed E-state index contributed by atoms with van der Waals surface area (Å²) < 4.78 is 0. The standard InChI is InChI=1S/C4H6O2.CH6N2/c1-3(2)4(5)6;1-3-2/h1H2,2H3,(H,5,6);3H,2H2,1H3. The SMILES string of the molecule is C=C(C)C(=O)O.CNN. The summed E-state index contributed by atoms with van der Waals surface area (Å²) in [6.07, 6.45) is 0. The van der Waals surface area contributed by atoms with Gasteiger partial charge in [0.1, 0.15) is 0 Å². The molecule has 0 unspecified atom stereocenters. The molecule has 0 atom stereocenters. The quantitative estimate of drug-likeness (QED) is 0.261. The first-order valence-electron chi connectivity index (χ1n) is 2.32. The van der Waals surface area contributed by atoms with Crippen molar-refractivity contribution >= 4 is 5.97 Å². The summed E-state index contributed by atoms with van der Waals surface area (Å²) >= 11 is 0. The molecule has 0 amide bonds. The summed E-state index contributed by atoms with van der Waals surface area (Å²) in [5.41, 5.74) is 2.43. The molecule has 0 aromatic carbocycles. The van der Waals surface area contributed by atoms with E-state index >= 15 is 0 Å². The fourth-order valence-electron chi connectivity index (χ4n) is 0. The Labute approximate surface area is 54.3 Å². The van der Waals surface area contributed by atoms with Crippen molar-refractivity contribution in [1.29, 1.82) is 0 Å². The fraction of sp³-hybridized carbons (Fsp3) is 0.400. The van der Waals surface area contributed by atoms with E-state index in [9.17, 15) is 4.79 Å². The van der Waals surface area contributed by atoms with E-state index in [1.807, 2.05) is 0 Å². The first-order valence-corrected chi connectivity index (χ1v) is 2.32. The summed E-state index contributed by atoms with van der Waals surface area (Å²) in [5, 5.41) is 7.89. The molecule has 0 aliphatic rings. The first kappa shape index (κ1) is 11.0. The Bertz CT molecular complexity index is 89.1. The molecule has 0 fully saturated rings. The van der Waals surface area contributed by atoms with Crippen LogP contribution in [0.3, 0.4) is 0 Å². The molecule has 4 N–H and O–H groups in total. The third-order valence-corrected chi connectivity index (χ3v) is 0.365. The van der Waals surface area contributed by atoms with Crippen molar-refractivity contribution in [2.45, 2.75) is 6.92 Å². The van der Waals surface area contributed by atoms with Crippen LogP contribution >= 0.6 is 0 Å². The van der Waals surface area contributed by atoms with Gasteiger partial charge in [-0.25, -0.2) is 4.79 Å². The normalized spacial score (nSPS) is 7.00. The van der Waals surface area contributed by atoms with Crippen LogP contribution in [0.4, 0.5) is 0 Å². The molecular weight excluding hydrogens is 120 g/mol. The molecule has 0 rings (SSSR count). The largest absolute Gasteiger partial charge is 0.478 e. The predicted molar refractivity (Wildman–Crippen MR) is 35.7 cm³/mol. The maximum Gasteiger partial charge on any atom is 0.330 e. The summed E-state index contributed by atoms with van der Waals surface area (Å²) in [6.45, 7) is 4.60. The number of carboxylic acids is 1. The molecule has 0 aliphatic heterocycles. The van der Waals surface area contributed by atoms with Crippen LogP contribution < -0.4 is 11.3 Å². The molecule has 0 spiro atoms. The number of nitrogens with two attached hydrogens (primary N) is 1. The van der Waals surface area contributed by atoms with Gasteiger partial charge in [-0.2, -0.15) is 0 Å². The maximum absolute atomic E-state index is 9.60. The average Bonchev–Trinajstić information content (AvgIpc) is 1.68. The molecule has 4 heteroatoms. The van der Waals surface area contributed by atoms with Gasteiger partial charge < -0.3 is 5.11 Å². The monoisotopic (exact) mass is 132 g/mol. The van der Waals surface area contributed by atoms with Crippen molar-refractivity contribution in [2.75, 3.05) is 7.05 Å². The average molecular weight is 132 g/mol. The molecule has 0 heterocycles. The van der Waals surface area contributed by atoms with Gasteiger partial charge >= 0.3 is 5.97 Å². The molecule has 0 aromatic heterocycles. The Morgan fingerprint density at radius 2 is 1.89 bits per heavy atom. The second-order valence-electron chi connectivity index (χ2n) is 1.37. The van der Waals surface area contributed by atoms with E-state index in [1.165, 1.54) is 6.92 Å². The highest BCUT2D eigenvalue weighted by atomic mass is 16.4. The van der Waals surface area contributed by atoms with Crippen LogP contribution in [-0.2, 0) is 4.79 Å². The number of carboxylic acid groups (broad SMARTS) is 1. The smallest absolute Gasteiger partial charge is 0.330 e. The van der Waals surface area contributed by atoms with Crippen molar-refractivity contribution in [3.8, 4) is 0 Å². The van der Waals surface area contributed by atoms with Crippen molar-refractivity contribution in [3.05, 3.63) is 12.2 Å². The third kappa shape index (κ3) is 19.2. The molecular formula is C5H12N2O2. The number of nitrogens with one attached hydrogen (secondary N) is 1. The predicted octanol–water partition coefficient (Wildman–Crippen LogP) is -0.273. The fourth-order valence-corrected chi connectivity index (χ4v) is 0. The van der Waals surface area contributed by atoms with E-state index in [4.69, 9.17) is 5.11 Å². The summed E-state index contributed by atoms with van der Waals surface area (Å²) in [4.78, 5) is 9.60. The van der Waals surface area contributed by atoms with Crippen LogP contribution in [0.1, 0.15) is 6.92 Å². The Morgan fingerprint density at radius 1 is 1.78 bits per heavy atom. The van der Waals surface area contributed by atoms with E-state index in [1.54, 1.807) is 7.05 Å². The minimum absolute atomic E-state index is 0.176. The van der Waals surface area contributed by atoms with Gasteiger partial charge in [0.2, 0.25) is 0 Å². The minimum atomic E-state index is -0.935. The number of hydrogen-bond donors (Lipinski definition) is 3. The molecule has 0 aromatic rings.